The Morgan fingerprint density at radius 1 is 1.30 bits per heavy atom. The molecule has 0 saturated carbocycles. The zero-order valence-electron chi connectivity index (χ0n) is 14.7. The Kier molecular flexibility index (Phi) is 6.00. The van der Waals surface area contributed by atoms with E-state index in [1.54, 1.807) is 13.2 Å². The number of benzene rings is 1. The minimum atomic E-state index is -1.10. The van der Waals surface area contributed by atoms with E-state index in [0.717, 1.165) is 32.7 Å². The normalized spacial score (nSPS) is 21.0. The third-order valence-corrected chi connectivity index (χ3v) is 5.11. The maximum absolute atomic E-state index is 13.7. The lowest BCUT2D eigenvalue weighted by atomic mass is 9.79. The average molecular weight is 324 g/mol. The van der Waals surface area contributed by atoms with Crippen molar-refractivity contribution in [3.63, 3.8) is 0 Å². The summed E-state index contributed by atoms with van der Waals surface area (Å²) in [6, 6.07) is 4.36. The number of halogens is 1. The highest BCUT2D eigenvalue weighted by molar-refractivity contribution is 5.39. The molecule has 1 saturated heterocycles. The summed E-state index contributed by atoms with van der Waals surface area (Å²) < 4.78 is 19.1. The number of rotatable bonds is 6. The summed E-state index contributed by atoms with van der Waals surface area (Å²) in [5.74, 6) is 0.173. The molecule has 0 spiro atoms. The lowest BCUT2D eigenvalue weighted by Gasteiger charge is -2.40. The number of hydrogen-bond acceptors (Lipinski definition) is 4. The first kappa shape index (κ1) is 18.2. The largest absolute Gasteiger partial charge is 0.496 e. The van der Waals surface area contributed by atoms with E-state index in [9.17, 15) is 9.50 Å². The van der Waals surface area contributed by atoms with Crippen LogP contribution >= 0.6 is 0 Å². The van der Waals surface area contributed by atoms with Crippen LogP contribution in [0.25, 0.3) is 0 Å². The molecule has 1 aromatic rings. The van der Waals surface area contributed by atoms with Crippen LogP contribution in [0.1, 0.15) is 25.8 Å². The Hall–Kier alpha value is -1.17. The fourth-order valence-corrected chi connectivity index (χ4v) is 3.39. The molecule has 2 rings (SSSR count). The SMILES string of the molecule is CCC(O)(c1cc(F)ccc1OC)C(C)CN1CCN(C)CC1. The van der Waals surface area contributed by atoms with Crippen LogP contribution < -0.4 is 4.74 Å². The predicted octanol–water partition coefficient (Wildman–Crippen LogP) is 2.32. The molecular weight excluding hydrogens is 295 g/mol. The summed E-state index contributed by atoms with van der Waals surface area (Å²) in [6.45, 7) is 8.85. The van der Waals surface area contributed by atoms with E-state index < -0.39 is 5.60 Å². The average Bonchev–Trinajstić information content (AvgIpc) is 2.56. The van der Waals surface area contributed by atoms with Crippen LogP contribution in [0.5, 0.6) is 5.75 Å². The van der Waals surface area contributed by atoms with Gasteiger partial charge in [-0.2, -0.15) is 0 Å². The summed E-state index contributed by atoms with van der Waals surface area (Å²) in [4.78, 5) is 4.68. The molecule has 5 heteroatoms. The van der Waals surface area contributed by atoms with Crippen molar-refractivity contribution in [1.29, 1.82) is 0 Å². The van der Waals surface area contributed by atoms with Crippen LogP contribution in [0, 0.1) is 11.7 Å². The predicted molar refractivity (Wildman–Crippen MR) is 90.2 cm³/mol. The molecule has 2 unspecified atom stereocenters. The minimum absolute atomic E-state index is 0.0217. The van der Waals surface area contributed by atoms with E-state index in [4.69, 9.17) is 4.74 Å². The van der Waals surface area contributed by atoms with Crippen molar-refractivity contribution in [1.82, 2.24) is 9.80 Å². The van der Waals surface area contributed by atoms with Gasteiger partial charge in [0.25, 0.3) is 0 Å². The van der Waals surface area contributed by atoms with Crippen molar-refractivity contribution in [3.8, 4) is 5.75 Å². The number of piperazine rings is 1. The van der Waals surface area contributed by atoms with Gasteiger partial charge in [0.05, 0.1) is 12.7 Å². The third-order valence-electron chi connectivity index (χ3n) is 5.11. The highest BCUT2D eigenvalue weighted by Gasteiger charge is 2.37. The quantitative estimate of drug-likeness (QED) is 0.871. The number of hydrogen-bond donors (Lipinski definition) is 1. The molecule has 0 aromatic heterocycles. The van der Waals surface area contributed by atoms with Crippen molar-refractivity contribution in [3.05, 3.63) is 29.6 Å². The molecule has 0 aliphatic carbocycles. The number of likely N-dealkylation sites (N-methyl/N-ethyl adjacent to an activating group) is 1. The van der Waals surface area contributed by atoms with E-state index in [-0.39, 0.29) is 11.7 Å². The van der Waals surface area contributed by atoms with Gasteiger partial charge in [-0.25, -0.2) is 4.39 Å². The van der Waals surface area contributed by atoms with Gasteiger partial charge in [-0.1, -0.05) is 13.8 Å². The van der Waals surface area contributed by atoms with Crippen LogP contribution in [0.2, 0.25) is 0 Å². The number of aliphatic hydroxyl groups is 1. The van der Waals surface area contributed by atoms with Crippen molar-refractivity contribution in [2.45, 2.75) is 25.9 Å². The highest BCUT2D eigenvalue weighted by atomic mass is 19.1. The van der Waals surface area contributed by atoms with Crippen molar-refractivity contribution in [2.24, 2.45) is 5.92 Å². The maximum atomic E-state index is 13.7. The highest BCUT2D eigenvalue weighted by Crippen LogP contribution is 2.39. The molecule has 1 aliphatic heterocycles. The van der Waals surface area contributed by atoms with Gasteiger partial charge < -0.3 is 19.6 Å². The number of ether oxygens (including phenoxy) is 1. The molecule has 0 bridgehead atoms. The summed E-state index contributed by atoms with van der Waals surface area (Å²) in [7, 11) is 3.68. The van der Waals surface area contributed by atoms with Gasteiger partial charge in [0, 0.05) is 44.2 Å². The Morgan fingerprint density at radius 2 is 1.96 bits per heavy atom. The minimum Gasteiger partial charge on any atom is -0.496 e. The van der Waals surface area contributed by atoms with Crippen LogP contribution in [0.4, 0.5) is 4.39 Å². The Morgan fingerprint density at radius 3 is 2.52 bits per heavy atom. The summed E-state index contributed by atoms with van der Waals surface area (Å²) in [6.07, 6.45) is 0.516. The molecule has 2 atom stereocenters. The second-order valence-corrected chi connectivity index (χ2v) is 6.63. The molecule has 1 aliphatic rings. The maximum Gasteiger partial charge on any atom is 0.125 e. The first-order valence-electron chi connectivity index (χ1n) is 8.38. The molecule has 1 aromatic carbocycles. The first-order valence-corrected chi connectivity index (χ1v) is 8.38. The van der Waals surface area contributed by atoms with Crippen LogP contribution in [0.3, 0.4) is 0 Å². The lowest BCUT2D eigenvalue weighted by molar-refractivity contribution is -0.0388. The lowest BCUT2D eigenvalue weighted by Crippen LogP contribution is -2.48. The third kappa shape index (κ3) is 4.03. The zero-order chi connectivity index (χ0) is 17.0. The van der Waals surface area contributed by atoms with Crippen LogP contribution in [0.15, 0.2) is 18.2 Å². The van der Waals surface area contributed by atoms with Gasteiger partial charge in [0.15, 0.2) is 0 Å². The van der Waals surface area contributed by atoms with Gasteiger partial charge in [-0.05, 0) is 31.7 Å². The zero-order valence-corrected chi connectivity index (χ0v) is 14.7. The van der Waals surface area contributed by atoms with Gasteiger partial charge in [-0.15, -0.1) is 0 Å². The van der Waals surface area contributed by atoms with Gasteiger partial charge in [0.2, 0.25) is 0 Å². The molecule has 23 heavy (non-hydrogen) atoms. The van der Waals surface area contributed by atoms with Crippen molar-refractivity contribution < 1.29 is 14.2 Å². The fourth-order valence-electron chi connectivity index (χ4n) is 3.39. The molecule has 1 fully saturated rings. The van der Waals surface area contributed by atoms with Gasteiger partial charge in [-0.3, -0.25) is 0 Å². The Bertz CT molecular complexity index is 518. The Labute approximate surface area is 138 Å². The second-order valence-electron chi connectivity index (χ2n) is 6.63. The standard InChI is InChI=1S/C18H29FN2O2/c1-5-18(22,16-12-15(19)6-7-17(16)23-4)14(2)13-21-10-8-20(3)9-11-21/h6-7,12,14,22H,5,8-11,13H2,1-4H3. The van der Waals surface area contributed by atoms with E-state index in [2.05, 4.69) is 16.8 Å². The molecule has 0 amide bonds. The van der Waals surface area contributed by atoms with Crippen molar-refractivity contribution in [2.75, 3.05) is 46.9 Å². The van der Waals surface area contributed by atoms with Crippen molar-refractivity contribution >= 4 is 0 Å². The summed E-state index contributed by atoms with van der Waals surface area (Å²) >= 11 is 0. The number of methoxy groups -OCH3 is 1. The monoisotopic (exact) mass is 324 g/mol. The molecule has 130 valence electrons. The first-order chi connectivity index (χ1) is 10.9. The van der Waals surface area contributed by atoms with Crippen LogP contribution in [-0.2, 0) is 5.60 Å². The number of nitrogens with zero attached hydrogens (tertiary/aromatic N) is 2. The topological polar surface area (TPSA) is 35.9 Å². The van der Waals surface area contributed by atoms with Gasteiger partial charge >= 0.3 is 0 Å². The fraction of sp³-hybridized carbons (Fsp3) is 0.667. The molecule has 1 heterocycles. The van der Waals surface area contributed by atoms with E-state index in [1.165, 1.54) is 12.1 Å². The van der Waals surface area contributed by atoms with E-state index in [0.29, 0.717) is 17.7 Å². The Balaban J connectivity index is 2.20. The smallest absolute Gasteiger partial charge is 0.125 e. The van der Waals surface area contributed by atoms with Gasteiger partial charge in [0.1, 0.15) is 11.6 Å². The van der Waals surface area contributed by atoms with Crippen LogP contribution in [-0.4, -0.2) is 61.8 Å². The van der Waals surface area contributed by atoms with E-state index in [1.807, 2.05) is 13.8 Å². The summed E-state index contributed by atoms with van der Waals surface area (Å²) in [5.41, 5.74) is -0.555. The second kappa shape index (κ2) is 7.60. The molecule has 0 radical (unpaired) electrons. The molecular formula is C18H29FN2O2. The van der Waals surface area contributed by atoms with E-state index >= 15 is 0 Å². The molecule has 1 N–H and O–H groups in total. The summed E-state index contributed by atoms with van der Waals surface area (Å²) in [5, 5.41) is 11.3. The molecule has 4 nitrogen and oxygen atoms in total.